The van der Waals surface area contributed by atoms with Crippen LogP contribution in [0.1, 0.15) is 15.9 Å². The summed E-state index contributed by atoms with van der Waals surface area (Å²) >= 11 is 5.85. The van der Waals surface area contributed by atoms with Crippen LogP contribution in [0.5, 0.6) is 5.75 Å². The van der Waals surface area contributed by atoms with Gasteiger partial charge in [-0.1, -0.05) is 23.7 Å². The molecule has 2 aromatic carbocycles. The Morgan fingerprint density at radius 2 is 1.95 bits per heavy atom. The molecule has 1 aliphatic rings. The van der Waals surface area contributed by atoms with Gasteiger partial charge in [-0.15, -0.1) is 0 Å². The maximum absolute atomic E-state index is 12.1. The zero-order chi connectivity index (χ0) is 15.7. The van der Waals surface area contributed by atoms with Gasteiger partial charge in [-0.25, -0.2) is 4.79 Å². The fourth-order valence-electron chi connectivity index (χ4n) is 2.28. The third-order valence-electron chi connectivity index (χ3n) is 3.40. The van der Waals surface area contributed by atoms with Crippen LogP contribution in [0, 0.1) is 0 Å². The lowest BCUT2D eigenvalue weighted by Gasteiger charge is -2.29. The molecule has 0 atom stereocenters. The molecule has 0 saturated carbocycles. The molecule has 5 nitrogen and oxygen atoms in total. The highest BCUT2D eigenvalue weighted by atomic mass is 35.5. The molecular weight excluding hydrogens is 306 g/mol. The smallest absolute Gasteiger partial charge is 0.335 e. The molecule has 0 aromatic heterocycles. The summed E-state index contributed by atoms with van der Waals surface area (Å²) in [5.74, 6) is -0.768. The fraction of sp³-hybridized carbons (Fsp3) is 0.125. The first-order chi connectivity index (χ1) is 10.5. The summed E-state index contributed by atoms with van der Waals surface area (Å²) in [4.78, 5) is 24.8. The van der Waals surface area contributed by atoms with Gasteiger partial charge in [0, 0.05) is 5.02 Å². The molecule has 2 aromatic rings. The Morgan fingerprint density at radius 3 is 2.64 bits per heavy atom. The first kappa shape index (κ1) is 14.4. The van der Waals surface area contributed by atoms with Crippen molar-refractivity contribution in [3.63, 3.8) is 0 Å². The van der Waals surface area contributed by atoms with Gasteiger partial charge in [0.2, 0.25) is 0 Å². The molecule has 112 valence electrons. The molecule has 1 heterocycles. The topological polar surface area (TPSA) is 66.8 Å². The second-order valence-electron chi connectivity index (χ2n) is 4.88. The van der Waals surface area contributed by atoms with Crippen LogP contribution in [0.25, 0.3) is 0 Å². The molecule has 0 aliphatic carbocycles. The zero-order valence-corrected chi connectivity index (χ0v) is 12.2. The van der Waals surface area contributed by atoms with Gasteiger partial charge in [0.25, 0.3) is 5.91 Å². The third kappa shape index (κ3) is 2.76. The number of ether oxygens (including phenoxy) is 1. The van der Waals surface area contributed by atoms with Crippen LogP contribution in [0.4, 0.5) is 5.69 Å². The summed E-state index contributed by atoms with van der Waals surface area (Å²) in [7, 11) is 0. The molecule has 0 saturated heterocycles. The number of aromatic carboxylic acids is 1. The molecule has 0 unspecified atom stereocenters. The first-order valence-electron chi connectivity index (χ1n) is 6.59. The highest BCUT2D eigenvalue weighted by molar-refractivity contribution is 6.30. The molecule has 0 bridgehead atoms. The van der Waals surface area contributed by atoms with Crippen molar-refractivity contribution in [2.24, 2.45) is 0 Å². The average Bonchev–Trinajstić information content (AvgIpc) is 2.51. The van der Waals surface area contributed by atoms with Gasteiger partial charge in [0.05, 0.1) is 17.8 Å². The molecule has 1 N–H and O–H groups in total. The number of benzene rings is 2. The van der Waals surface area contributed by atoms with E-state index in [0.717, 1.165) is 5.56 Å². The van der Waals surface area contributed by atoms with E-state index in [9.17, 15) is 9.59 Å². The van der Waals surface area contributed by atoms with Gasteiger partial charge in [-0.3, -0.25) is 4.79 Å². The minimum absolute atomic E-state index is 0.0625. The van der Waals surface area contributed by atoms with E-state index in [1.54, 1.807) is 18.2 Å². The molecule has 0 fully saturated rings. The minimum atomic E-state index is -1.05. The van der Waals surface area contributed by atoms with Crippen molar-refractivity contribution in [1.29, 1.82) is 0 Å². The number of carbonyl (C=O) groups excluding carboxylic acids is 1. The predicted molar refractivity (Wildman–Crippen MR) is 81.5 cm³/mol. The number of nitrogens with zero attached hydrogens (tertiary/aromatic N) is 1. The number of fused-ring (bicyclic) bond motifs is 1. The summed E-state index contributed by atoms with van der Waals surface area (Å²) in [6, 6.07) is 11.6. The highest BCUT2D eigenvalue weighted by Crippen LogP contribution is 2.34. The summed E-state index contributed by atoms with van der Waals surface area (Å²) in [5.41, 5.74) is 1.47. The summed E-state index contributed by atoms with van der Waals surface area (Å²) in [6.45, 7) is 0.266. The quantitative estimate of drug-likeness (QED) is 0.945. The number of hydrogen-bond acceptors (Lipinski definition) is 3. The Balaban J connectivity index is 1.97. The number of carboxylic acid groups (broad SMARTS) is 1. The van der Waals surface area contributed by atoms with Gasteiger partial charge in [-0.2, -0.15) is 0 Å². The number of anilines is 1. The number of halogens is 1. The number of hydrogen-bond donors (Lipinski definition) is 1. The molecule has 3 rings (SSSR count). The van der Waals surface area contributed by atoms with E-state index in [4.69, 9.17) is 21.4 Å². The normalized spacial score (nSPS) is 13.5. The van der Waals surface area contributed by atoms with Crippen molar-refractivity contribution in [3.8, 4) is 5.75 Å². The van der Waals surface area contributed by atoms with Crippen molar-refractivity contribution in [1.82, 2.24) is 0 Å². The van der Waals surface area contributed by atoms with Crippen LogP contribution in [-0.4, -0.2) is 23.6 Å². The van der Waals surface area contributed by atoms with Crippen molar-refractivity contribution in [2.45, 2.75) is 6.54 Å². The lowest BCUT2D eigenvalue weighted by atomic mass is 10.1. The SMILES string of the molecule is O=C(O)c1ccc2c(c1)N(Cc1ccc(Cl)cc1)C(=O)CO2. The van der Waals surface area contributed by atoms with E-state index in [1.165, 1.54) is 17.0 Å². The summed E-state index contributed by atoms with van der Waals surface area (Å²) in [5, 5.41) is 9.72. The summed E-state index contributed by atoms with van der Waals surface area (Å²) < 4.78 is 5.35. The van der Waals surface area contributed by atoms with Crippen LogP contribution < -0.4 is 9.64 Å². The van der Waals surface area contributed by atoms with Crippen LogP contribution in [0.15, 0.2) is 42.5 Å². The van der Waals surface area contributed by atoms with Crippen molar-refractivity contribution >= 4 is 29.2 Å². The maximum atomic E-state index is 12.1. The Bertz CT molecular complexity index is 742. The van der Waals surface area contributed by atoms with E-state index in [1.807, 2.05) is 12.1 Å². The lowest BCUT2D eigenvalue weighted by Crippen LogP contribution is -2.38. The second-order valence-corrected chi connectivity index (χ2v) is 5.32. The largest absolute Gasteiger partial charge is 0.482 e. The van der Waals surface area contributed by atoms with E-state index >= 15 is 0 Å². The van der Waals surface area contributed by atoms with Gasteiger partial charge >= 0.3 is 5.97 Å². The molecule has 1 amide bonds. The van der Waals surface area contributed by atoms with Crippen LogP contribution in [0.2, 0.25) is 5.02 Å². The maximum Gasteiger partial charge on any atom is 0.335 e. The Morgan fingerprint density at radius 1 is 1.23 bits per heavy atom. The van der Waals surface area contributed by atoms with Crippen LogP contribution in [0.3, 0.4) is 0 Å². The van der Waals surface area contributed by atoms with Gasteiger partial charge in [0.1, 0.15) is 5.75 Å². The lowest BCUT2D eigenvalue weighted by molar-refractivity contribution is -0.121. The molecule has 0 spiro atoms. The molecule has 1 aliphatic heterocycles. The third-order valence-corrected chi connectivity index (χ3v) is 3.65. The molecule has 0 radical (unpaired) electrons. The highest BCUT2D eigenvalue weighted by Gasteiger charge is 2.26. The fourth-order valence-corrected chi connectivity index (χ4v) is 2.41. The van der Waals surface area contributed by atoms with Crippen molar-refractivity contribution in [3.05, 3.63) is 58.6 Å². The van der Waals surface area contributed by atoms with E-state index in [2.05, 4.69) is 0 Å². The Kier molecular flexibility index (Phi) is 3.73. The molecule has 22 heavy (non-hydrogen) atoms. The van der Waals surface area contributed by atoms with Crippen LogP contribution in [-0.2, 0) is 11.3 Å². The monoisotopic (exact) mass is 317 g/mol. The minimum Gasteiger partial charge on any atom is -0.482 e. The van der Waals surface area contributed by atoms with E-state index in [0.29, 0.717) is 23.0 Å². The van der Waals surface area contributed by atoms with Crippen molar-refractivity contribution in [2.75, 3.05) is 11.5 Å². The van der Waals surface area contributed by atoms with E-state index in [-0.39, 0.29) is 18.1 Å². The van der Waals surface area contributed by atoms with Crippen LogP contribution >= 0.6 is 11.6 Å². The van der Waals surface area contributed by atoms with Gasteiger partial charge < -0.3 is 14.7 Å². The summed E-state index contributed by atoms with van der Waals surface area (Å²) in [6.07, 6.45) is 0. The molecule has 6 heteroatoms. The van der Waals surface area contributed by atoms with Gasteiger partial charge in [0.15, 0.2) is 6.61 Å². The average molecular weight is 318 g/mol. The number of amides is 1. The van der Waals surface area contributed by atoms with E-state index < -0.39 is 5.97 Å². The number of rotatable bonds is 3. The number of carboxylic acids is 1. The standard InChI is InChI=1S/C16H12ClNO4/c17-12-4-1-10(2-5-12)8-18-13-7-11(16(20)21)3-6-14(13)22-9-15(18)19/h1-7H,8-9H2,(H,20,21). The van der Waals surface area contributed by atoms with Gasteiger partial charge in [-0.05, 0) is 35.9 Å². The number of carbonyl (C=O) groups is 2. The Hall–Kier alpha value is -2.53. The zero-order valence-electron chi connectivity index (χ0n) is 11.5. The predicted octanol–water partition coefficient (Wildman–Crippen LogP) is 2.96. The van der Waals surface area contributed by atoms with Crippen molar-refractivity contribution < 1.29 is 19.4 Å². The molecular formula is C16H12ClNO4. The second kappa shape index (κ2) is 5.69. The first-order valence-corrected chi connectivity index (χ1v) is 6.97. The Labute approximate surface area is 131 Å².